The number of hydrogen-bond acceptors (Lipinski definition) is 5. The molecule has 0 aromatic carbocycles. The molecule has 20 heavy (non-hydrogen) atoms. The summed E-state index contributed by atoms with van der Waals surface area (Å²) in [6.45, 7) is 3.68. The van der Waals surface area contributed by atoms with Gasteiger partial charge in [0.15, 0.2) is 0 Å². The lowest BCUT2D eigenvalue weighted by atomic mass is 10.0. The molecule has 4 N–H and O–H groups in total. The maximum atomic E-state index is 11.9. The monoisotopic (exact) mass is 320 g/mol. The van der Waals surface area contributed by atoms with Crippen molar-refractivity contribution in [1.29, 1.82) is 0 Å². The first-order chi connectivity index (χ1) is 9.11. The predicted molar refractivity (Wildman–Crippen MR) is 74.0 cm³/mol. The van der Waals surface area contributed by atoms with Gasteiger partial charge in [-0.15, -0.1) is 11.3 Å². The molecule has 1 amide bonds. The molecule has 9 heteroatoms. The Morgan fingerprint density at radius 3 is 2.45 bits per heavy atom. The van der Waals surface area contributed by atoms with Crippen molar-refractivity contribution in [1.82, 2.24) is 5.32 Å². The number of amides is 1. The molecule has 0 aliphatic heterocycles. The maximum Gasteiger partial charge on any atom is 0.326 e. The molecule has 0 aliphatic rings. The van der Waals surface area contributed by atoms with E-state index in [-0.39, 0.29) is 22.1 Å². The zero-order valence-electron chi connectivity index (χ0n) is 11.0. The number of aliphatic carboxylic acids is 1. The molecule has 1 atom stereocenters. The van der Waals surface area contributed by atoms with E-state index >= 15 is 0 Å². The van der Waals surface area contributed by atoms with E-state index in [9.17, 15) is 18.0 Å². The molecule has 0 saturated carbocycles. The number of carbonyl (C=O) groups is 2. The third-order valence-corrected chi connectivity index (χ3v) is 4.81. The van der Waals surface area contributed by atoms with Gasteiger partial charge in [-0.2, -0.15) is 0 Å². The summed E-state index contributed by atoms with van der Waals surface area (Å²) in [7, 11) is -3.86. The van der Waals surface area contributed by atoms with E-state index in [1.807, 2.05) is 13.8 Å². The van der Waals surface area contributed by atoms with Crippen LogP contribution in [0.1, 0.15) is 30.6 Å². The van der Waals surface area contributed by atoms with Crippen molar-refractivity contribution in [3.8, 4) is 0 Å². The fourth-order valence-electron chi connectivity index (χ4n) is 1.52. The molecule has 1 aromatic heterocycles. The van der Waals surface area contributed by atoms with Crippen LogP contribution in [0.2, 0.25) is 0 Å². The largest absolute Gasteiger partial charge is 0.480 e. The first-order valence-electron chi connectivity index (χ1n) is 5.76. The van der Waals surface area contributed by atoms with Crippen LogP contribution in [0.3, 0.4) is 0 Å². The van der Waals surface area contributed by atoms with Crippen LogP contribution in [0.25, 0.3) is 0 Å². The molecule has 0 saturated heterocycles. The minimum Gasteiger partial charge on any atom is -0.480 e. The van der Waals surface area contributed by atoms with Crippen LogP contribution in [0.15, 0.2) is 15.7 Å². The predicted octanol–water partition coefficient (Wildman–Crippen LogP) is 0.625. The molecular weight excluding hydrogens is 304 g/mol. The van der Waals surface area contributed by atoms with Gasteiger partial charge in [-0.3, -0.25) is 4.79 Å². The summed E-state index contributed by atoms with van der Waals surface area (Å²) in [5, 5.41) is 17.7. The van der Waals surface area contributed by atoms with Gasteiger partial charge in [-0.05, 0) is 18.4 Å². The lowest BCUT2D eigenvalue weighted by molar-refractivity contribution is -0.139. The van der Waals surface area contributed by atoms with E-state index in [0.29, 0.717) is 0 Å². The van der Waals surface area contributed by atoms with Crippen molar-refractivity contribution >= 4 is 33.2 Å². The zero-order chi connectivity index (χ0) is 15.5. The summed E-state index contributed by atoms with van der Waals surface area (Å²) in [6, 6.07) is 0.115. The van der Waals surface area contributed by atoms with Crippen LogP contribution in [-0.4, -0.2) is 31.4 Å². The number of carboxylic acid groups (broad SMARTS) is 1. The molecule has 1 aromatic rings. The Morgan fingerprint density at radius 1 is 1.45 bits per heavy atom. The summed E-state index contributed by atoms with van der Waals surface area (Å²) >= 11 is 0.813. The average molecular weight is 320 g/mol. The normalized spacial score (nSPS) is 13.2. The summed E-state index contributed by atoms with van der Waals surface area (Å²) in [5.74, 6) is -1.67. The van der Waals surface area contributed by atoms with Gasteiger partial charge < -0.3 is 10.4 Å². The highest BCUT2D eigenvalue weighted by Gasteiger charge is 2.23. The first kappa shape index (κ1) is 16.6. The van der Waals surface area contributed by atoms with Gasteiger partial charge in [0, 0.05) is 5.38 Å². The number of carbonyl (C=O) groups excluding carboxylic acids is 1. The van der Waals surface area contributed by atoms with Crippen LogP contribution >= 0.6 is 11.3 Å². The van der Waals surface area contributed by atoms with Crippen molar-refractivity contribution in [2.45, 2.75) is 30.5 Å². The summed E-state index contributed by atoms with van der Waals surface area (Å²) in [6.07, 6.45) is 0.285. The zero-order valence-corrected chi connectivity index (χ0v) is 12.6. The highest BCUT2D eigenvalue weighted by Crippen LogP contribution is 2.19. The van der Waals surface area contributed by atoms with Crippen molar-refractivity contribution < 1.29 is 23.1 Å². The van der Waals surface area contributed by atoms with Crippen LogP contribution in [-0.2, 0) is 14.8 Å². The van der Waals surface area contributed by atoms with Gasteiger partial charge in [-0.1, -0.05) is 13.8 Å². The highest BCUT2D eigenvalue weighted by atomic mass is 32.2. The van der Waals surface area contributed by atoms with Crippen molar-refractivity contribution in [2.75, 3.05) is 0 Å². The minimum atomic E-state index is -3.86. The second kappa shape index (κ2) is 6.33. The molecule has 1 heterocycles. The van der Waals surface area contributed by atoms with Crippen LogP contribution in [0.5, 0.6) is 0 Å². The van der Waals surface area contributed by atoms with E-state index in [4.69, 9.17) is 10.2 Å². The van der Waals surface area contributed by atoms with Gasteiger partial charge in [0.25, 0.3) is 5.91 Å². The number of nitrogens with two attached hydrogens (primary N) is 1. The Bertz CT molecular complexity index is 606. The van der Waals surface area contributed by atoms with Gasteiger partial charge in [0.2, 0.25) is 10.0 Å². The smallest absolute Gasteiger partial charge is 0.326 e. The van der Waals surface area contributed by atoms with Gasteiger partial charge >= 0.3 is 5.97 Å². The molecule has 0 radical (unpaired) electrons. The van der Waals surface area contributed by atoms with Gasteiger partial charge in [-0.25, -0.2) is 18.4 Å². The number of hydrogen-bond donors (Lipinski definition) is 3. The molecule has 7 nitrogen and oxygen atoms in total. The van der Waals surface area contributed by atoms with Crippen LogP contribution < -0.4 is 10.5 Å². The Kier molecular flexibility index (Phi) is 5.26. The second-order valence-corrected chi connectivity index (χ2v) is 7.39. The minimum absolute atomic E-state index is 0.0778. The summed E-state index contributed by atoms with van der Waals surface area (Å²) in [4.78, 5) is 22.9. The number of rotatable bonds is 6. The maximum absolute atomic E-state index is 11.9. The van der Waals surface area contributed by atoms with Crippen LogP contribution in [0.4, 0.5) is 0 Å². The average Bonchev–Trinajstić information content (AvgIpc) is 2.75. The Morgan fingerprint density at radius 2 is 2.05 bits per heavy atom. The third-order valence-electron chi connectivity index (χ3n) is 2.43. The molecule has 1 rings (SSSR count). The summed E-state index contributed by atoms with van der Waals surface area (Å²) < 4.78 is 22.1. The van der Waals surface area contributed by atoms with Gasteiger partial charge in [0.1, 0.15) is 10.3 Å². The second-order valence-electron chi connectivity index (χ2n) is 4.69. The van der Waals surface area contributed by atoms with Crippen molar-refractivity contribution in [2.24, 2.45) is 11.1 Å². The lowest BCUT2D eigenvalue weighted by Gasteiger charge is -2.15. The molecular formula is C11H16N2O5S2. The molecule has 0 spiro atoms. The molecule has 0 aliphatic carbocycles. The molecule has 112 valence electrons. The van der Waals surface area contributed by atoms with Crippen LogP contribution in [0, 0.1) is 5.92 Å². The van der Waals surface area contributed by atoms with E-state index in [2.05, 4.69) is 5.32 Å². The van der Waals surface area contributed by atoms with Gasteiger partial charge in [0.05, 0.1) is 5.56 Å². The van der Waals surface area contributed by atoms with E-state index < -0.39 is 27.9 Å². The highest BCUT2D eigenvalue weighted by molar-refractivity contribution is 7.91. The fraction of sp³-hybridized carbons (Fsp3) is 0.455. The molecule has 0 unspecified atom stereocenters. The van der Waals surface area contributed by atoms with E-state index in [1.54, 1.807) is 0 Å². The Balaban J connectivity index is 2.84. The number of thiophene rings is 1. The third kappa shape index (κ3) is 4.58. The number of sulfonamides is 1. The number of carboxylic acids is 1. The lowest BCUT2D eigenvalue weighted by Crippen LogP contribution is -2.41. The molecule has 0 bridgehead atoms. The topological polar surface area (TPSA) is 127 Å². The van der Waals surface area contributed by atoms with E-state index in [1.165, 1.54) is 5.38 Å². The first-order valence-corrected chi connectivity index (χ1v) is 8.19. The molecule has 0 fully saturated rings. The Hall–Kier alpha value is -1.45. The quantitative estimate of drug-likeness (QED) is 0.708. The van der Waals surface area contributed by atoms with Crippen molar-refractivity contribution in [3.63, 3.8) is 0 Å². The Labute approximate surface area is 120 Å². The number of nitrogens with one attached hydrogen (secondary N) is 1. The number of primary sulfonamides is 1. The fourth-order valence-corrected chi connectivity index (χ4v) is 3.10. The standard InChI is InChI=1S/C11H16N2O5S2/c1-6(2)3-8(11(15)16)13-10(14)7-4-9(19-5-7)20(12,17)18/h4-6,8H,3H2,1-2H3,(H,13,14)(H,15,16)(H2,12,17,18)/t8-/m0/s1. The van der Waals surface area contributed by atoms with Crippen molar-refractivity contribution in [3.05, 3.63) is 17.0 Å². The van der Waals surface area contributed by atoms with E-state index in [0.717, 1.165) is 17.4 Å². The summed E-state index contributed by atoms with van der Waals surface area (Å²) in [5.41, 5.74) is 0.0778. The SMILES string of the molecule is CC(C)C[C@H](NC(=O)c1csc(S(N)(=O)=O)c1)C(=O)O.